The minimum Gasteiger partial charge on any atom is -0.312 e. The molecule has 1 rings (SSSR count). The first-order chi connectivity index (χ1) is 5.24. The van der Waals surface area contributed by atoms with E-state index < -0.39 is 6.17 Å². The third kappa shape index (κ3) is 1.77. The van der Waals surface area contributed by atoms with Gasteiger partial charge in [-0.3, -0.25) is 0 Å². The molecule has 0 unspecified atom stereocenters. The number of benzene rings is 1. The topological polar surface area (TPSA) is 75.8 Å². The highest BCUT2D eigenvalue weighted by Gasteiger charge is 1.97. The zero-order chi connectivity index (χ0) is 8.27. The number of hydrogen-bond donors (Lipinski definition) is 2. The van der Waals surface area contributed by atoms with E-state index in [2.05, 4.69) is 0 Å². The SMILES string of the molecule is N#Cc1ccc(C(N)N)cc1. The van der Waals surface area contributed by atoms with Gasteiger partial charge >= 0.3 is 0 Å². The first kappa shape index (κ1) is 7.73. The van der Waals surface area contributed by atoms with Gasteiger partial charge in [-0.1, -0.05) is 12.1 Å². The maximum atomic E-state index is 8.45. The van der Waals surface area contributed by atoms with Crippen LogP contribution in [0.25, 0.3) is 0 Å². The van der Waals surface area contributed by atoms with Crippen molar-refractivity contribution in [1.29, 1.82) is 5.26 Å². The van der Waals surface area contributed by atoms with Gasteiger partial charge in [0.1, 0.15) is 0 Å². The van der Waals surface area contributed by atoms with Crippen LogP contribution in [0.1, 0.15) is 17.3 Å². The predicted molar refractivity (Wildman–Crippen MR) is 42.3 cm³/mol. The molecule has 11 heavy (non-hydrogen) atoms. The Morgan fingerprint density at radius 1 is 1.18 bits per heavy atom. The molecule has 1 aromatic rings. The molecule has 0 fully saturated rings. The Balaban J connectivity index is 2.94. The molecule has 0 aromatic heterocycles. The second-order valence-corrected chi connectivity index (χ2v) is 2.26. The highest BCUT2D eigenvalue weighted by Crippen LogP contribution is 2.06. The van der Waals surface area contributed by atoms with E-state index in [1.165, 1.54) is 0 Å². The Labute approximate surface area is 65.2 Å². The van der Waals surface area contributed by atoms with Crippen LogP contribution in [-0.2, 0) is 0 Å². The van der Waals surface area contributed by atoms with E-state index in [1.54, 1.807) is 24.3 Å². The van der Waals surface area contributed by atoms with Crippen molar-refractivity contribution < 1.29 is 0 Å². The van der Waals surface area contributed by atoms with E-state index in [0.717, 1.165) is 5.56 Å². The standard InChI is InChI=1S/C8H9N3/c9-5-6-1-3-7(4-2-6)8(10)11/h1-4,8H,10-11H2. The molecule has 0 amide bonds. The molecule has 0 heterocycles. The largest absolute Gasteiger partial charge is 0.312 e. The predicted octanol–water partition coefficient (Wildman–Crippen LogP) is 0.474. The molecular weight excluding hydrogens is 138 g/mol. The minimum absolute atomic E-state index is 0.456. The van der Waals surface area contributed by atoms with Gasteiger partial charge < -0.3 is 11.5 Å². The van der Waals surface area contributed by atoms with Crippen LogP contribution in [0, 0.1) is 11.3 Å². The van der Waals surface area contributed by atoms with Gasteiger partial charge in [-0.05, 0) is 17.7 Å². The first-order valence-corrected chi connectivity index (χ1v) is 3.25. The number of nitriles is 1. The molecule has 0 saturated carbocycles. The van der Waals surface area contributed by atoms with E-state index in [-0.39, 0.29) is 0 Å². The van der Waals surface area contributed by atoms with Crippen molar-refractivity contribution in [2.75, 3.05) is 0 Å². The summed E-state index contributed by atoms with van der Waals surface area (Å²) in [5.41, 5.74) is 12.3. The van der Waals surface area contributed by atoms with Crippen LogP contribution >= 0.6 is 0 Å². The molecule has 3 heteroatoms. The molecule has 0 aliphatic rings. The number of rotatable bonds is 1. The highest BCUT2D eigenvalue weighted by atomic mass is 14.8. The Morgan fingerprint density at radius 2 is 1.73 bits per heavy atom. The van der Waals surface area contributed by atoms with Crippen molar-refractivity contribution in [3.8, 4) is 6.07 Å². The lowest BCUT2D eigenvalue weighted by atomic mass is 10.1. The van der Waals surface area contributed by atoms with Gasteiger partial charge in [0, 0.05) is 0 Å². The third-order valence-corrected chi connectivity index (χ3v) is 1.42. The van der Waals surface area contributed by atoms with Crippen LogP contribution in [0.5, 0.6) is 0 Å². The monoisotopic (exact) mass is 147 g/mol. The Hall–Kier alpha value is -1.37. The summed E-state index contributed by atoms with van der Waals surface area (Å²) in [4.78, 5) is 0. The fourth-order valence-electron chi connectivity index (χ4n) is 0.780. The van der Waals surface area contributed by atoms with Crippen molar-refractivity contribution >= 4 is 0 Å². The van der Waals surface area contributed by atoms with E-state index in [9.17, 15) is 0 Å². The molecular formula is C8H9N3. The summed E-state index contributed by atoms with van der Waals surface area (Å²) in [6.07, 6.45) is -0.456. The van der Waals surface area contributed by atoms with Crippen molar-refractivity contribution in [3.05, 3.63) is 35.4 Å². The second kappa shape index (κ2) is 3.15. The Kier molecular flexibility index (Phi) is 2.21. The van der Waals surface area contributed by atoms with Crippen LogP contribution < -0.4 is 11.5 Å². The average molecular weight is 147 g/mol. The normalized spacial score (nSPS) is 9.64. The van der Waals surface area contributed by atoms with Gasteiger partial charge in [0.2, 0.25) is 0 Å². The maximum Gasteiger partial charge on any atom is 0.0991 e. The summed E-state index contributed by atoms with van der Waals surface area (Å²) in [6, 6.07) is 8.91. The smallest absolute Gasteiger partial charge is 0.0991 e. The molecule has 0 saturated heterocycles. The van der Waals surface area contributed by atoms with Crippen LogP contribution in [0.4, 0.5) is 0 Å². The number of nitrogens with zero attached hydrogens (tertiary/aromatic N) is 1. The highest BCUT2D eigenvalue weighted by molar-refractivity contribution is 5.32. The van der Waals surface area contributed by atoms with Crippen molar-refractivity contribution in [3.63, 3.8) is 0 Å². The molecule has 1 aromatic carbocycles. The summed E-state index contributed by atoms with van der Waals surface area (Å²) < 4.78 is 0. The fraction of sp³-hybridized carbons (Fsp3) is 0.125. The van der Waals surface area contributed by atoms with Crippen molar-refractivity contribution in [2.24, 2.45) is 11.5 Å². The quantitative estimate of drug-likeness (QED) is 0.567. The Bertz CT molecular complexity index is 268. The zero-order valence-electron chi connectivity index (χ0n) is 5.99. The zero-order valence-corrected chi connectivity index (χ0v) is 5.99. The van der Waals surface area contributed by atoms with Gasteiger partial charge in [-0.15, -0.1) is 0 Å². The molecule has 56 valence electrons. The lowest BCUT2D eigenvalue weighted by molar-refractivity contribution is 0.774. The van der Waals surface area contributed by atoms with Crippen molar-refractivity contribution in [2.45, 2.75) is 6.17 Å². The molecule has 0 bridgehead atoms. The molecule has 0 spiro atoms. The van der Waals surface area contributed by atoms with Gasteiger partial charge in [-0.2, -0.15) is 5.26 Å². The number of nitrogens with two attached hydrogens (primary N) is 2. The summed E-state index contributed by atoms with van der Waals surface area (Å²) in [6.45, 7) is 0. The summed E-state index contributed by atoms with van der Waals surface area (Å²) in [7, 11) is 0. The van der Waals surface area contributed by atoms with Gasteiger partial charge in [0.25, 0.3) is 0 Å². The lowest BCUT2D eigenvalue weighted by Gasteiger charge is -2.03. The van der Waals surface area contributed by atoms with E-state index >= 15 is 0 Å². The second-order valence-electron chi connectivity index (χ2n) is 2.26. The average Bonchev–Trinajstić information content (AvgIpc) is 2.05. The van der Waals surface area contributed by atoms with Gasteiger partial charge in [0.15, 0.2) is 0 Å². The summed E-state index contributed by atoms with van der Waals surface area (Å²) in [5, 5.41) is 8.45. The first-order valence-electron chi connectivity index (χ1n) is 3.25. The van der Waals surface area contributed by atoms with Crippen LogP contribution in [0.3, 0.4) is 0 Å². The molecule has 0 radical (unpaired) electrons. The molecule has 0 aliphatic carbocycles. The number of hydrogen-bond acceptors (Lipinski definition) is 3. The van der Waals surface area contributed by atoms with E-state index in [0.29, 0.717) is 5.56 Å². The fourth-order valence-corrected chi connectivity index (χ4v) is 0.780. The lowest BCUT2D eigenvalue weighted by Crippen LogP contribution is -2.19. The Morgan fingerprint density at radius 3 is 2.09 bits per heavy atom. The summed E-state index contributed by atoms with van der Waals surface area (Å²) in [5.74, 6) is 0. The van der Waals surface area contributed by atoms with Gasteiger partial charge in [-0.25, -0.2) is 0 Å². The van der Waals surface area contributed by atoms with Crippen LogP contribution in [0.15, 0.2) is 24.3 Å². The van der Waals surface area contributed by atoms with E-state index in [1.807, 2.05) is 6.07 Å². The molecule has 0 atom stereocenters. The maximum absolute atomic E-state index is 8.45. The summed E-state index contributed by atoms with van der Waals surface area (Å²) >= 11 is 0. The van der Waals surface area contributed by atoms with E-state index in [4.69, 9.17) is 16.7 Å². The van der Waals surface area contributed by atoms with Crippen LogP contribution in [0.2, 0.25) is 0 Å². The van der Waals surface area contributed by atoms with Crippen LogP contribution in [-0.4, -0.2) is 0 Å². The molecule has 4 N–H and O–H groups in total. The molecule has 3 nitrogen and oxygen atoms in total. The van der Waals surface area contributed by atoms with Gasteiger partial charge in [0.05, 0.1) is 17.8 Å². The minimum atomic E-state index is -0.456. The van der Waals surface area contributed by atoms with Crippen molar-refractivity contribution in [1.82, 2.24) is 0 Å². The molecule has 0 aliphatic heterocycles. The third-order valence-electron chi connectivity index (χ3n) is 1.42.